The fraction of sp³-hybridized carbons (Fsp3) is 0.364. The van der Waals surface area contributed by atoms with Gasteiger partial charge in [0.1, 0.15) is 5.75 Å². The molecule has 0 saturated carbocycles. The molecule has 1 saturated heterocycles. The van der Waals surface area contributed by atoms with E-state index in [1.54, 1.807) is 18.2 Å². The third-order valence-electron chi connectivity index (χ3n) is 2.83. The van der Waals surface area contributed by atoms with Crippen LogP contribution in [0.25, 0.3) is 0 Å². The van der Waals surface area contributed by atoms with Crippen LogP contribution in [0.1, 0.15) is 11.5 Å². The number of nitrogens with one attached hydrogen (secondary N) is 1. The van der Waals surface area contributed by atoms with Crippen molar-refractivity contribution in [2.45, 2.75) is 5.92 Å². The normalized spacial score (nSPS) is 23.8. The van der Waals surface area contributed by atoms with Gasteiger partial charge < -0.3 is 15.5 Å². The van der Waals surface area contributed by atoms with Gasteiger partial charge in [0.05, 0.1) is 5.92 Å². The van der Waals surface area contributed by atoms with E-state index < -0.39 is 11.9 Å². The second-order valence-corrected chi connectivity index (χ2v) is 3.80. The number of carbonyl (C=O) groups is 1. The number of phenols is 1. The highest BCUT2D eigenvalue weighted by Crippen LogP contribution is 2.29. The lowest BCUT2D eigenvalue weighted by molar-refractivity contribution is -0.141. The summed E-state index contributed by atoms with van der Waals surface area (Å²) in [5.74, 6) is -1.04. The number of aliphatic carboxylic acids is 1. The molecule has 5 heteroatoms. The zero-order valence-electron chi connectivity index (χ0n) is 8.59. The van der Waals surface area contributed by atoms with Crippen LogP contribution < -0.4 is 5.32 Å². The summed E-state index contributed by atoms with van der Waals surface area (Å²) in [5.41, 5.74) is 0.882. The van der Waals surface area contributed by atoms with Gasteiger partial charge in [-0.15, -0.1) is 12.4 Å². The van der Waals surface area contributed by atoms with Gasteiger partial charge in [-0.05, 0) is 17.7 Å². The second kappa shape index (κ2) is 5.18. The zero-order valence-corrected chi connectivity index (χ0v) is 9.41. The lowest BCUT2D eigenvalue weighted by atomic mass is 9.89. The van der Waals surface area contributed by atoms with Gasteiger partial charge in [0.25, 0.3) is 0 Å². The van der Waals surface area contributed by atoms with Gasteiger partial charge >= 0.3 is 5.97 Å². The fourth-order valence-corrected chi connectivity index (χ4v) is 2.04. The molecule has 0 unspecified atom stereocenters. The van der Waals surface area contributed by atoms with Crippen LogP contribution in [0.3, 0.4) is 0 Å². The minimum atomic E-state index is -0.784. The van der Waals surface area contributed by atoms with Crippen LogP contribution in [0.5, 0.6) is 5.75 Å². The number of hydrogen-bond acceptors (Lipinski definition) is 3. The van der Waals surface area contributed by atoms with Gasteiger partial charge in [-0.2, -0.15) is 0 Å². The van der Waals surface area contributed by atoms with E-state index in [1.165, 1.54) is 0 Å². The molecule has 3 N–H and O–H groups in total. The van der Waals surface area contributed by atoms with Crippen LogP contribution in [0.2, 0.25) is 0 Å². The van der Waals surface area contributed by atoms with Gasteiger partial charge in [0.2, 0.25) is 0 Å². The van der Waals surface area contributed by atoms with Crippen LogP contribution in [0.15, 0.2) is 24.3 Å². The number of phenolic OH excluding ortho intramolecular Hbond substituents is 1. The summed E-state index contributed by atoms with van der Waals surface area (Å²) < 4.78 is 0. The predicted molar refractivity (Wildman–Crippen MR) is 62.1 cm³/mol. The largest absolute Gasteiger partial charge is 0.508 e. The molecule has 0 amide bonds. The molecule has 1 aromatic rings. The number of rotatable bonds is 2. The van der Waals surface area contributed by atoms with Crippen molar-refractivity contribution < 1.29 is 15.0 Å². The average molecular weight is 244 g/mol. The minimum Gasteiger partial charge on any atom is -0.508 e. The Labute approximate surface area is 99.7 Å². The maximum Gasteiger partial charge on any atom is 0.308 e. The monoisotopic (exact) mass is 243 g/mol. The van der Waals surface area contributed by atoms with Crippen molar-refractivity contribution in [2.75, 3.05) is 13.1 Å². The first kappa shape index (κ1) is 12.8. The van der Waals surface area contributed by atoms with Crippen LogP contribution in [0.4, 0.5) is 0 Å². The maximum atomic E-state index is 11.0. The lowest BCUT2D eigenvalue weighted by Gasteiger charge is -2.14. The number of aromatic hydroxyl groups is 1. The summed E-state index contributed by atoms with van der Waals surface area (Å²) in [5, 5.41) is 21.4. The smallest absolute Gasteiger partial charge is 0.308 e. The van der Waals surface area contributed by atoms with Crippen molar-refractivity contribution in [2.24, 2.45) is 5.92 Å². The SMILES string of the molecule is Cl.O=C(O)[C@H]1CNC[C@@H]1c1cccc(O)c1. The molecule has 0 radical (unpaired) electrons. The highest BCUT2D eigenvalue weighted by molar-refractivity contribution is 5.85. The number of halogens is 1. The molecule has 0 bridgehead atoms. The highest BCUT2D eigenvalue weighted by Gasteiger charge is 2.33. The number of carboxylic acid groups (broad SMARTS) is 1. The molecule has 1 aliphatic heterocycles. The first-order valence-electron chi connectivity index (χ1n) is 4.91. The Bertz CT molecular complexity index is 383. The third-order valence-corrected chi connectivity index (χ3v) is 2.83. The molecular formula is C11H14ClNO3. The van der Waals surface area contributed by atoms with Gasteiger partial charge in [0.15, 0.2) is 0 Å². The van der Waals surface area contributed by atoms with Crippen LogP contribution in [-0.4, -0.2) is 29.3 Å². The molecule has 1 fully saturated rings. The lowest BCUT2D eigenvalue weighted by Crippen LogP contribution is -2.20. The molecule has 0 spiro atoms. The summed E-state index contributed by atoms with van der Waals surface area (Å²) >= 11 is 0. The van der Waals surface area contributed by atoms with Gasteiger partial charge in [-0.1, -0.05) is 12.1 Å². The molecule has 0 aliphatic carbocycles. The molecule has 4 nitrogen and oxygen atoms in total. The first-order valence-corrected chi connectivity index (χ1v) is 4.91. The molecule has 2 rings (SSSR count). The fourth-order valence-electron chi connectivity index (χ4n) is 2.04. The summed E-state index contributed by atoms with van der Waals surface area (Å²) in [7, 11) is 0. The van der Waals surface area contributed by atoms with E-state index in [9.17, 15) is 9.90 Å². The van der Waals surface area contributed by atoms with Crippen LogP contribution in [-0.2, 0) is 4.79 Å². The van der Waals surface area contributed by atoms with E-state index in [0.717, 1.165) is 5.56 Å². The summed E-state index contributed by atoms with van der Waals surface area (Å²) in [6.45, 7) is 1.15. The Morgan fingerprint density at radius 2 is 2.12 bits per heavy atom. The molecule has 0 aromatic heterocycles. The van der Waals surface area contributed by atoms with Crippen LogP contribution >= 0.6 is 12.4 Å². The van der Waals surface area contributed by atoms with Crippen molar-refractivity contribution in [1.29, 1.82) is 0 Å². The molecule has 88 valence electrons. The van der Waals surface area contributed by atoms with Crippen molar-refractivity contribution in [3.63, 3.8) is 0 Å². The summed E-state index contributed by atoms with van der Waals surface area (Å²) in [6, 6.07) is 6.81. The highest BCUT2D eigenvalue weighted by atomic mass is 35.5. The Balaban J connectivity index is 0.00000128. The van der Waals surface area contributed by atoms with Crippen molar-refractivity contribution >= 4 is 18.4 Å². The molecule has 1 aliphatic rings. The third kappa shape index (κ3) is 2.46. The van der Waals surface area contributed by atoms with Crippen molar-refractivity contribution in [3.8, 4) is 5.75 Å². The topological polar surface area (TPSA) is 69.6 Å². The second-order valence-electron chi connectivity index (χ2n) is 3.80. The maximum absolute atomic E-state index is 11.0. The predicted octanol–water partition coefficient (Wildman–Crippen LogP) is 1.20. The zero-order chi connectivity index (χ0) is 10.8. The molecular weight excluding hydrogens is 230 g/mol. The number of hydrogen-bond donors (Lipinski definition) is 3. The number of benzene rings is 1. The standard InChI is InChI=1S/C11H13NO3.ClH/c13-8-3-1-2-7(4-8)9-5-12-6-10(9)11(14)15;/h1-4,9-10,12-13H,5-6H2,(H,14,15);1H/t9-,10+;/m1./s1. The molecule has 16 heavy (non-hydrogen) atoms. The Morgan fingerprint density at radius 1 is 1.38 bits per heavy atom. The Hall–Kier alpha value is -1.26. The Kier molecular flexibility index (Phi) is 4.15. The van der Waals surface area contributed by atoms with E-state index >= 15 is 0 Å². The number of carboxylic acids is 1. The van der Waals surface area contributed by atoms with E-state index in [0.29, 0.717) is 13.1 Å². The van der Waals surface area contributed by atoms with Crippen LogP contribution in [0, 0.1) is 5.92 Å². The van der Waals surface area contributed by atoms with Gasteiger partial charge in [-0.3, -0.25) is 4.79 Å². The minimum absolute atomic E-state index is 0. The molecule has 1 heterocycles. The van der Waals surface area contributed by atoms with Gasteiger partial charge in [0, 0.05) is 19.0 Å². The molecule has 2 atom stereocenters. The summed E-state index contributed by atoms with van der Waals surface area (Å²) in [4.78, 5) is 11.0. The quantitative estimate of drug-likeness (QED) is 0.730. The van der Waals surface area contributed by atoms with E-state index in [-0.39, 0.29) is 24.1 Å². The van der Waals surface area contributed by atoms with Crippen molar-refractivity contribution in [1.82, 2.24) is 5.32 Å². The van der Waals surface area contributed by atoms with E-state index in [2.05, 4.69) is 5.32 Å². The van der Waals surface area contributed by atoms with Crippen molar-refractivity contribution in [3.05, 3.63) is 29.8 Å². The van der Waals surface area contributed by atoms with E-state index in [1.807, 2.05) is 6.07 Å². The molecule has 1 aromatic carbocycles. The summed E-state index contributed by atoms with van der Waals surface area (Å²) in [6.07, 6.45) is 0. The van der Waals surface area contributed by atoms with E-state index in [4.69, 9.17) is 5.11 Å². The average Bonchev–Trinajstić information content (AvgIpc) is 2.65. The van der Waals surface area contributed by atoms with Gasteiger partial charge in [-0.25, -0.2) is 0 Å². The first-order chi connectivity index (χ1) is 7.18. The Morgan fingerprint density at radius 3 is 2.75 bits per heavy atom.